The molecule has 0 aliphatic carbocycles. The summed E-state index contributed by atoms with van der Waals surface area (Å²) in [5.41, 5.74) is 4.62. The number of benzene rings is 2. The lowest BCUT2D eigenvalue weighted by Crippen LogP contribution is -2.29. The summed E-state index contributed by atoms with van der Waals surface area (Å²) in [5, 5.41) is 2.91. The van der Waals surface area contributed by atoms with Gasteiger partial charge >= 0.3 is 5.97 Å². The molecule has 0 unspecified atom stereocenters. The van der Waals surface area contributed by atoms with Crippen molar-refractivity contribution in [1.29, 1.82) is 0 Å². The van der Waals surface area contributed by atoms with Crippen molar-refractivity contribution < 1.29 is 14.3 Å². The fourth-order valence-electron chi connectivity index (χ4n) is 3.16. The van der Waals surface area contributed by atoms with E-state index >= 15 is 0 Å². The van der Waals surface area contributed by atoms with Gasteiger partial charge in [0.05, 0.1) is 19.2 Å². The number of esters is 1. The van der Waals surface area contributed by atoms with Crippen molar-refractivity contribution >= 4 is 17.6 Å². The van der Waals surface area contributed by atoms with E-state index in [1.165, 1.54) is 12.7 Å². The third-order valence-electron chi connectivity index (χ3n) is 4.61. The number of carbonyl (C=O) groups excluding carboxylic acids is 2. The van der Waals surface area contributed by atoms with E-state index in [1.54, 1.807) is 18.2 Å². The summed E-state index contributed by atoms with van der Waals surface area (Å²) < 4.78 is 4.79. The van der Waals surface area contributed by atoms with Crippen LogP contribution in [0.1, 0.15) is 46.8 Å². The van der Waals surface area contributed by atoms with Crippen LogP contribution in [0.15, 0.2) is 42.5 Å². The molecule has 0 fully saturated rings. The smallest absolute Gasteiger partial charge is 0.337 e. The van der Waals surface area contributed by atoms with E-state index in [-0.39, 0.29) is 11.9 Å². The van der Waals surface area contributed by atoms with E-state index in [9.17, 15) is 9.59 Å². The van der Waals surface area contributed by atoms with E-state index in [0.29, 0.717) is 31.1 Å². The zero-order valence-electron chi connectivity index (χ0n) is 15.4. The van der Waals surface area contributed by atoms with E-state index in [4.69, 9.17) is 4.74 Å². The van der Waals surface area contributed by atoms with Gasteiger partial charge in [0.25, 0.3) is 0 Å². The molecule has 0 radical (unpaired) electrons. The molecule has 0 bridgehead atoms. The molecule has 136 valence electrons. The lowest BCUT2D eigenvalue weighted by Gasteiger charge is -2.19. The van der Waals surface area contributed by atoms with Crippen LogP contribution >= 0.6 is 0 Å². The van der Waals surface area contributed by atoms with Gasteiger partial charge in [0.2, 0.25) is 5.91 Å². The van der Waals surface area contributed by atoms with Crippen LogP contribution in [0.4, 0.5) is 5.69 Å². The lowest BCUT2D eigenvalue weighted by atomic mass is 10.0. The first-order chi connectivity index (χ1) is 12.5. The van der Waals surface area contributed by atoms with Gasteiger partial charge in [-0.05, 0) is 40.8 Å². The Balaban J connectivity index is 1.81. The van der Waals surface area contributed by atoms with Crippen LogP contribution in [-0.2, 0) is 22.6 Å². The van der Waals surface area contributed by atoms with Crippen molar-refractivity contribution in [2.45, 2.75) is 32.9 Å². The Kier molecular flexibility index (Phi) is 5.38. The zero-order chi connectivity index (χ0) is 18.7. The number of hydrogen-bond donors (Lipinski definition) is 1. The number of ether oxygens (including phenoxy) is 1. The molecular weight excluding hydrogens is 328 g/mol. The largest absolute Gasteiger partial charge is 0.465 e. The van der Waals surface area contributed by atoms with Gasteiger partial charge in [-0.3, -0.25) is 9.69 Å². The molecule has 1 N–H and O–H groups in total. The third-order valence-corrected chi connectivity index (χ3v) is 4.61. The second-order valence-corrected chi connectivity index (χ2v) is 6.95. The second-order valence-electron chi connectivity index (χ2n) is 6.95. The highest BCUT2D eigenvalue weighted by atomic mass is 16.5. The molecule has 3 rings (SSSR count). The average Bonchev–Trinajstić information content (AvgIpc) is 2.78. The SMILES string of the molecule is COC(=O)c1ccc2c(c1)CN(Cc1ccc(C(C)C)cc1)CC(=O)N2. The van der Waals surface area contributed by atoms with Gasteiger partial charge in [0.1, 0.15) is 0 Å². The summed E-state index contributed by atoms with van der Waals surface area (Å²) in [6.07, 6.45) is 0. The fraction of sp³-hybridized carbons (Fsp3) is 0.333. The first-order valence-electron chi connectivity index (χ1n) is 8.78. The van der Waals surface area contributed by atoms with Crippen LogP contribution in [0.3, 0.4) is 0 Å². The van der Waals surface area contributed by atoms with Gasteiger partial charge in [-0.15, -0.1) is 0 Å². The molecule has 0 saturated heterocycles. The van der Waals surface area contributed by atoms with Crippen LogP contribution in [0.25, 0.3) is 0 Å². The van der Waals surface area contributed by atoms with Gasteiger partial charge in [0, 0.05) is 18.8 Å². The molecule has 1 amide bonds. The Morgan fingerprint density at radius 1 is 1.15 bits per heavy atom. The maximum absolute atomic E-state index is 12.2. The predicted molar refractivity (Wildman–Crippen MR) is 101 cm³/mol. The first kappa shape index (κ1) is 18.1. The van der Waals surface area contributed by atoms with E-state index in [2.05, 4.69) is 48.3 Å². The number of hydrogen-bond acceptors (Lipinski definition) is 4. The quantitative estimate of drug-likeness (QED) is 0.855. The van der Waals surface area contributed by atoms with Gasteiger partial charge in [0.15, 0.2) is 0 Å². The Labute approximate surface area is 154 Å². The Morgan fingerprint density at radius 2 is 1.88 bits per heavy atom. The van der Waals surface area contributed by atoms with Crippen LogP contribution < -0.4 is 5.32 Å². The van der Waals surface area contributed by atoms with E-state index in [1.807, 2.05) is 0 Å². The highest BCUT2D eigenvalue weighted by molar-refractivity contribution is 5.95. The zero-order valence-corrected chi connectivity index (χ0v) is 15.4. The number of fused-ring (bicyclic) bond motifs is 1. The summed E-state index contributed by atoms with van der Waals surface area (Å²) in [6, 6.07) is 13.7. The predicted octanol–water partition coefficient (Wildman–Crippen LogP) is 3.55. The Bertz CT molecular complexity index is 813. The fourth-order valence-corrected chi connectivity index (χ4v) is 3.16. The minimum absolute atomic E-state index is 0.0478. The molecule has 0 spiro atoms. The highest BCUT2D eigenvalue weighted by Crippen LogP contribution is 2.24. The number of nitrogens with one attached hydrogen (secondary N) is 1. The molecule has 1 aliphatic rings. The van der Waals surface area contributed by atoms with Gasteiger partial charge in [-0.2, -0.15) is 0 Å². The second kappa shape index (κ2) is 7.70. The maximum atomic E-state index is 12.2. The molecule has 26 heavy (non-hydrogen) atoms. The lowest BCUT2D eigenvalue weighted by molar-refractivity contribution is -0.117. The van der Waals surface area contributed by atoms with Crippen molar-refractivity contribution in [1.82, 2.24) is 4.90 Å². The highest BCUT2D eigenvalue weighted by Gasteiger charge is 2.21. The normalized spacial score (nSPS) is 14.5. The molecule has 5 heteroatoms. The molecule has 0 saturated carbocycles. The summed E-state index contributed by atoms with van der Waals surface area (Å²) in [7, 11) is 1.36. The van der Waals surface area contributed by atoms with Crippen molar-refractivity contribution in [2.24, 2.45) is 0 Å². The molecule has 0 atom stereocenters. The van der Waals surface area contributed by atoms with Crippen molar-refractivity contribution in [2.75, 3.05) is 19.0 Å². The minimum Gasteiger partial charge on any atom is -0.465 e. The van der Waals surface area contributed by atoms with Crippen LogP contribution in [0.5, 0.6) is 0 Å². The number of carbonyl (C=O) groups is 2. The van der Waals surface area contributed by atoms with Crippen LogP contribution in [0.2, 0.25) is 0 Å². The number of nitrogens with zero attached hydrogens (tertiary/aromatic N) is 1. The van der Waals surface area contributed by atoms with Gasteiger partial charge in [-0.25, -0.2) is 4.79 Å². The third kappa shape index (κ3) is 4.11. The first-order valence-corrected chi connectivity index (χ1v) is 8.78. The number of methoxy groups -OCH3 is 1. The molecule has 2 aromatic carbocycles. The molecule has 5 nitrogen and oxygen atoms in total. The summed E-state index contributed by atoms with van der Waals surface area (Å²) >= 11 is 0. The summed E-state index contributed by atoms with van der Waals surface area (Å²) in [5.74, 6) is 0.0733. The van der Waals surface area contributed by atoms with E-state index < -0.39 is 0 Å². The summed E-state index contributed by atoms with van der Waals surface area (Å²) in [4.78, 5) is 26.1. The molecular formula is C21H24N2O3. The summed E-state index contributed by atoms with van der Waals surface area (Å²) in [6.45, 7) is 5.92. The Hall–Kier alpha value is -2.66. The monoisotopic (exact) mass is 352 g/mol. The number of amides is 1. The van der Waals surface area contributed by atoms with Gasteiger partial charge in [-0.1, -0.05) is 38.1 Å². The Morgan fingerprint density at radius 3 is 2.54 bits per heavy atom. The number of anilines is 1. The standard InChI is InChI=1S/C21H24N2O3/c1-14(2)16-6-4-15(5-7-16)11-23-12-18-10-17(21(25)26-3)8-9-19(18)22-20(24)13-23/h4-10,14H,11-13H2,1-3H3,(H,22,24). The maximum Gasteiger partial charge on any atom is 0.337 e. The van der Waals surface area contributed by atoms with Gasteiger partial charge < -0.3 is 10.1 Å². The molecule has 2 aromatic rings. The van der Waals surface area contributed by atoms with Crippen LogP contribution in [0, 0.1) is 0 Å². The average molecular weight is 352 g/mol. The van der Waals surface area contributed by atoms with Crippen molar-refractivity contribution in [3.63, 3.8) is 0 Å². The molecule has 1 aliphatic heterocycles. The van der Waals surface area contributed by atoms with E-state index in [0.717, 1.165) is 16.8 Å². The number of rotatable bonds is 4. The van der Waals surface area contributed by atoms with Crippen molar-refractivity contribution in [3.8, 4) is 0 Å². The molecule has 0 aromatic heterocycles. The topological polar surface area (TPSA) is 58.6 Å². The minimum atomic E-state index is -0.376. The van der Waals surface area contributed by atoms with Crippen molar-refractivity contribution in [3.05, 3.63) is 64.7 Å². The van der Waals surface area contributed by atoms with Crippen LogP contribution in [-0.4, -0.2) is 30.4 Å². The molecule has 1 heterocycles.